The van der Waals surface area contributed by atoms with Crippen molar-refractivity contribution in [2.24, 2.45) is 0 Å². The molecule has 4 aromatic rings. The Morgan fingerprint density at radius 3 is 2.25 bits per heavy atom. The highest BCUT2D eigenvalue weighted by molar-refractivity contribution is 5.62. The van der Waals surface area contributed by atoms with E-state index in [0.717, 1.165) is 56.3 Å². The largest absolute Gasteiger partial charge is 0.369 e. The lowest BCUT2D eigenvalue weighted by Gasteiger charge is -2.40. The van der Waals surface area contributed by atoms with Crippen LogP contribution in [0.25, 0.3) is 16.9 Å². The molecule has 0 saturated carbocycles. The van der Waals surface area contributed by atoms with Crippen LogP contribution in [-0.4, -0.2) is 53.4 Å². The molecule has 1 unspecified atom stereocenters. The molecule has 0 amide bonds. The molecule has 5 heteroatoms. The van der Waals surface area contributed by atoms with Crippen molar-refractivity contribution in [1.82, 2.24) is 20.0 Å². The number of aryl methyl sites for hydroxylation is 1. The maximum absolute atomic E-state index is 4.96. The smallest absolute Gasteiger partial charge is 0.0773 e. The van der Waals surface area contributed by atoms with Gasteiger partial charge in [0.2, 0.25) is 0 Å². The highest BCUT2D eigenvalue weighted by Crippen LogP contribution is 2.25. The molecule has 186 valence electrons. The minimum atomic E-state index is 0.482. The first-order chi connectivity index (χ1) is 17.6. The molecule has 0 spiro atoms. The molecule has 3 aromatic carbocycles. The van der Waals surface area contributed by atoms with Crippen molar-refractivity contribution in [3.63, 3.8) is 0 Å². The summed E-state index contributed by atoms with van der Waals surface area (Å²) >= 11 is 0. The lowest BCUT2D eigenvalue weighted by Crippen LogP contribution is -2.52. The highest BCUT2D eigenvalue weighted by atomic mass is 15.3. The van der Waals surface area contributed by atoms with Crippen LogP contribution in [0.4, 0.5) is 5.69 Å². The summed E-state index contributed by atoms with van der Waals surface area (Å²) in [6.45, 7) is 12.8. The molecule has 0 bridgehead atoms. The Kier molecular flexibility index (Phi) is 7.49. The van der Waals surface area contributed by atoms with Gasteiger partial charge in [0.05, 0.1) is 17.1 Å². The summed E-state index contributed by atoms with van der Waals surface area (Å²) in [4.78, 5) is 5.15. The summed E-state index contributed by atoms with van der Waals surface area (Å²) in [6, 6.07) is 30.2. The lowest BCUT2D eigenvalue weighted by molar-refractivity contribution is 0.192. The molecule has 1 aliphatic rings. The summed E-state index contributed by atoms with van der Waals surface area (Å²) in [5, 5.41) is 8.63. The van der Waals surface area contributed by atoms with E-state index in [1.165, 1.54) is 22.4 Å². The Labute approximate surface area is 215 Å². The number of para-hydroxylation sites is 1. The monoisotopic (exact) mass is 479 g/mol. The second kappa shape index (κ2) is 11.1. The quantitative estimate of drug-likeness (QED) is 0.364. The number of nitrogens with one attached hydrogen (secondary N) is 1. The maximum atomic E-state index is 4.96. The maximum Gasteiger partial charge on any atom is 0.0773 e. The van der Waals surface area contributed by atoms with Crippen LogP contribution < -0.4 is 10.2 Å². The van der Waals surface area contributed by atoms with Gasteiger partial charge in [0.15, 0.2) is 0 Å². The zero-order valence-electron chi connectivity index (χ0n) is 21.7. The number of hydrogen-bond acceptors (Lipinski definition) is 4. The van der Waals surface area contributed by atoms with E-state index in [-0.39, 0.29) is 0 Å². The molecular formula is C31H37N5. The van der Waals surface area contributed by atoms with E-state index < -0.39 is 0 Å². The fourth-order valence-corrected chi connectivity index (χ4v) is 5.12. The van der Waals surface area contributed by atoms with Crippen LogP contribution in [0, 0.1) is 13.8 Å². The molecule has 36 heavy (non-hydrogen) atoms. The molecule has 1 aliphatic heterocycles. The molecule has 2 heterocycles. The summed E-state index contributed by atoms with van der Waals surface area (Å²) in [7, 11) is 0. The number of hydrogen-bond donors (Lipinski definition) is 1. The molecule has 1 saturated heterocycles. The molecule has 1 atom stereocenters. The van der Waals surface area contributed by atoms with Crippen molar-refractivity contribution in [3.05, 3.63) is 102 Å². The van der Waals surface area contributed by atoms with Crippen LogP contribution in [-0.2, 0) is 6.54 Å². The third-order valence-corrected chi connectivity index (χ3v) is 7.43. The van der Waals surface area contributed by atoms with Crippen LogP contribution in [0.2, 0.25) is 0 Å². The Morgan fingerprint density at radius 1 is 0.833 bits per heavy atom. The van der Waals surface area contributed by atoms with Gasteiger partial charge in [-0.3, -0.25) is 4.90 Å². The van der Waals surface area contributed by atoms with Gasteiger partial charge in [-0.25, -0.2) is 4.68 Å². The third kappa shape index (κ3) is 5.38. The van der Waals surface area contributed by atoms with Crippen LogP contribution in [0.15, 0.2) is 84.9 Å². The molecule has 5 nitrogen and oxygen atoms in total. The molecule has 5 rings (SSSR count). The van der Waals surface area contributed by atoms with Crippen molar-refractivity contribution in [3.8, 4) is 16.9 Å². The zero-order chi connectivity index (χ0) is 24.9. The van der Waals surface area contributed by atoms with Gasteiger partial charge >= 0.3 is 0 Å². The van der Waals surface area contributed by atoms with Gasteiger partial charge in [-0.2, -0.15) is 5.10 Å². The van der Waals surface area contributed by atoms with E-state index in [1.807, 2.05) is 6.07 Å². The Bertz CT molecular complexity index is 1200. The van der Waals surface area contributed by atoms with Gasteiger partial charge < -0.3 is 10.2 Å². The molecule has 1 fully saturated rings. The molecule has 1 N–H and O–H groups in total. The highest BCUT2D eigenvalue weighted by Gasteiger charge is 2.22. The minimum absolute atomic E-state index is 0.482. The standard InChI is InChI=1S/C31H37N5/c1-24-11-10-16-30(26(24)3)35-19-17-34(18-20-35)25(2)22-32-23-28-21-31(27-12-6-4-7-13-27)36(33-28)29-14-8-5-9-15-29/h4-16,21,25,32H,17-20,22-23H2,1-3H3. The van der Waals surface area contributed by atoms with E-state index in [4.69, 9.17) is 5.10 Å². The first kappa shape index (κ1) is 24.3. The van der Waals surface area contributed by atoms with Crippen molar-refractivity contribution in [2.45, 2.75) is 33.4 Å². The number of piperazine rings is 1. The van der Waals surface area contributed by atoms with Crippen LogP contribution in [0.1, 0.15) is 23.7 Å². The molecule has 0 aliphatic carbocycles. The molecular weight excluding hydrogens is 442 g/mol. The Hall–Kier alpha value is -3.41. The number of nitrogens with zero attached hydrogens (tertiary/aromatic N) is 4. The van der Waals surface area contributed by atoms with Crippen molar-refractivity contribution >= 4 is 5.69 Å². The predicted octanol–water partition coefficient (Wildman–Crippen LogP) is 5.46. The summed E-state index contributed by atoms with van der Waals surface area (Å²) in [5.41, 5.74) is 8.61. The molecule has 0 radical (unpaired) electrons. The summed E-state index contributed by atoms with van der Waals surface area (Å²) in [5.74, 6) is 0. The van der Waals surface area contributed by atoms with Crippen LogP contribution in [0.5, 0.6) is 0 Å². The lowest BCUT2D eigenvalue weighted by atomic mass is 10.1. The first-order valence-electron chi connectivity index (χ1n) is 13.1. The average Bonchev–Trinajstić information content (AvgIpc) is 3.35. The van der Waals surface area contributed by atoms with E-state index in [0.29, 0.717) is 6.04 Å². The Balaban J connectivity index is 1.19. The molecule has 1 aromatic heterocycles. The van der Waals surface area contributed by atoms with E-state index in [1.54, 1.807) is 0 Å². The average molecular weight is 480 g/mol. The van der Waals surface area contributed by atoms with Crippen molar-refractivity contribution < 1.29 is 0 Å². The second-order valence-corrected chi connectivity index (χ2v) is 9.86. The number of aromatic nitrogens is 2. The normalized spacial score (nSPS) is 15.2. The van der Waals surface area contributed by atoms with Crippen LogP contribution >= 0.6 is 0 Å². The van der Waals surface area contributed by atoms with Crippen molar-refractivity contribution in [1.29, 1.82) is 0 Å². The van der Waals surface area contributed by atoms with Gasteiger partial charge in [0, 0.05) is 56.6 Å². The van der Waals surface area contributed by atoms with Gasteiger partial charge in [-0.05, 0) is 56.2 Å². The first-order valence-corrected chi connectivity index (χ1v) is 13.1. The number of benzene rings is 3. The van der Waals surface area contributed by atoms with Crippen LogP contribution in [0.3, 0.4) is 0 Å². The third-order valence-electron chi connectivity index (χ3n) is 7.43. The fraction of sp³-hybridized carbons (Fsp3) is 0.323. The second-order valence-electron chi connectivity index (χ2n) is 9.86. The fourth-order valence-electron chi connectivity index (χ4n) is 5.12. The van der Waals surface area contributed by atoms with E-state index >= 15 is 0 Å². The zero-order valence-corrected chi connectivity index (χ0v) is 21.7. The topological polar surface area (TPSA) is 36.3 Å². The number of anilines is 1. The van der Waals surface area contributed by atoms with Gasteiger partial charge in [-0.1, -0.05) is 60.7 Å². The Morgan fingerprint density at radius 2 is 1.53 bits per heavy atom. The summed E-state index contributed by atoms with van der Waals surface area (Å²) < 4.78 is 2.06. The van der Waals surface area contributed by atoms with E-state index in [2.05, 4.69) is 119 Å². The van der Waals surface area contributed by atoms with Gasteiger partial charge in [0.1, 0.15) is 0 Å². The SMILES string of the molecule is Cc1cccc(N2CCN(C(C)CNCc3cc(-c4ccccc4)n(-c4ccccc4)n3)CC2)c1C. The van der Waals surface area contributed by atoms with Gasteiger partial charge in [-0.15, -0.1) is 0 Å². The van der Waals surface area contributed by atoms with Crippen molar-refractivity contribution in [2.75, 3.05) is 37.6 Å². The predicted molar refractivity (Wildman–Crippen MR) is 150 cm³/mol. The van der Waals surface area contributed by atoms with E-state index in [9.17, 15) is 0 Å². The van der Waals surface area contributed by atoms with Gasteiger partial charge in [0.25, 0.3) is 0 Å². The minimum Gasteiger partial charge on any atom is -0.369 e. The number of rotatable bonds is 8. The summed E-state index contributed by atoms with van der Waals surface area (Å²) in [6.07, 6.45) is 0.